The number of aromatic nitrogens is 3. The van der Waals surface area contributed by atoms with Gasteiger partial charge in [0.1, 0.15) is 5.82 Å². The summed E-state index contributed by atoms with van der Waals surface area (Å²) in [6.07, 6.45) is 2.30. The van der Waals surface area contributed by atoms with E-state index in [9.17, 15) is 14.1 Å². The Kier molecular flexibility index (Phi) is 5.34. The molecule has 0 aliphatic rings. The molecule has 0 fully saturated rings. The Morgan fingerprint density at radius 1 is 1.07 bits per heavy atom. The van der Waals surface area contributed by atoms with Gasteiger partial charge in [0.05, 0.1) is 17.0 Å². The molecule has 0 bridgehead atoms. The SMILES string of the molecule is Cc1nc(-c2cccc(F)c2N=O)n(CCc2ccccc2)c(=O)c1-c1ccc[nH]1. The molecule has 2 aromatic heterocycles. The van der Waals surface area contributed by atoms with Gasteiger partial charge in [-0.2, -0.15) is 0 Å². The number of halogens is 1. The van der Waals surface area contributed by atoms with Crippen molar-refractivity contribution in [1.29, 1.82) is 0 Å². The van der Waals surface area contributed by atoms with Crippen molar-refractivity contribution in [3.63, 3.8) is 0 Å². The summed E-state index contributed by atoms with van der Waals surface area (Å²) in [6.45, 7) is 2.03. The second-order valence-corrected chi connectivity index (χ2v) is 6.90. The number of nitrogens with zero attached hydrogens (tertiary/aromatic N) is 3. The van der Waals surface area contributed by atoms with Crippen molar-refractivity contribution < 1.29 is 4.39 Å². The van der Waals surface area contributed by atoms with Crippen LogP contribution in [0, 0.1) is 17.6 Å². The fourth-order valence-electron chi connectivity index (χ4n) is 3.54. The van der Waals surface area contributed by atoms with Gasteiger partial charge < -0.3 is 4.98 Å². The van der Waals surface area contributed by atoms with Crippen LogP contribution in [-0.4, -0.2) is 14.5 Å². The number of nitroso groups, excluding NO2 is 1. The Hall–Kier alpha value is -3.87. The Bertz CT molecular complexity index is 1250. The number of H-pyrrole nitrogens is 1. The number of nitrogens with one attached hydrogen (secondary N) is 1. The van der Waals surface area contributed by atoms with E-state index in [2.05, 4.69) is 15.1 Å². The third-order valence-electron chi connectivity index (χ3n) is 5.00. The van der Waals surface area contributed by atoms with Crippen molar-refractivity contribution in [1.82, 2.24) is 14.5 Å². The van der Waals surface area contributed by atoms with Gasteiger partial charge in [0.25, 0.3) is 5.56 Å². The standard InChI is InChI=1S/C23H19FN4O2/c1-15-20(19-11-6-13-25-19)23(29)28(14-12-16-7-3-2-4-8-16)22(26-15)17-9-5-10-18(24)21(17)27-30/h2-11,13,25H,12,14H2,1H3. The molecule has 0 radical (unpaired) electrons. The molecular formula is C23H19FN4O2. The first-order valence-corrected chi connectivity index (χ1v) is 9.51. The van der Waals surface area contributed by atoms with E-state index in [0.717, 1.165) is 11.6 Å². The van der Waals surface area contributed by atoms with Crippen LogP contribution in [0.2, 0.25) is 0 Å². The summed E-state index contributed by atoms with van der Waals surface area (Å²) in [7, 11) is 0. The molecular weight excluding hydrogens is 383 g/mol. The van der Waals surface area contributed by atoms with E-state index in [1.165, 1.54) is 10.6 Å². The predicted molar refractivity (Wildman–Crippen MR) is 114 cm³/mol. The summed E-state index contributed by atoms with van der Waals surface area (Å²) in [4.78, 5) is 32.5. The number of hydrogen-bond donors (Lipinski definition) is 1. The third-order valence-corrected chi connectivity index (χ3v) is 5.00. The number of rotatable bonds is 6. The van der Waals surface area contributed by atoms with Crippen molar-refractivity contribution in [3.8, 4) is 22.6 Å². The Morgan fingerprint density at radius 3 is 2.57 bits per heavy atom. The summed E-state index contributed by atoms with van der Waals surface area (Å²) >= 11 is 0. The molecule has 0 atom stereocenters. The van der Waals surface area contributed by atoms with E-state index in [-0.39, 0.29) is 22.6 Å². The zero-order valence-corrected chi connectivity index (χ0v) is 16.3. The van der Waals surface area contributed by atoms with Crippen LogP contribution in [0.15, 0.2) is 76.8 Å². The molecule has 0 saturated carbocycles. The van der Waals surface area contributed by atoms with Crippen LogP contribution in [-0.2, 0) is 13.0 Å². The van der Waals surface area contributed by atoms with E-state index >= 15 is 0 Å². The van der Waals surface area contributed by atoms with Crippen LogP contribution in [0.4, 0.5) is 10.1 Å². The van der Waals surface area contributed by atoms with Gasteiger partial charge in [0.15, 0.2) is 11.5 Å². The molecule has 30 heavy (non-hydrogen) atoms. The van der Waals surface area contributed by atoms with E-state index in [0.29, 0.717) is 29.9 Å². The summed E-state index contributed by atoms with van der Waals surface area (Å²) in [5.41, 5.74) is 2.19. The lowest BCUT2D eigenvalue weighted by atomic mass is 10.1. The lowest BCUT2D eigenvalue weighted by Crippen LogP contribution is -2.27. The number of hydrogen-bond acceptors (Lipinski definition) is 4. The Morgan fingerprint density at radius 2 is 1.87 bits per heavy atom. The number of aryl methyl sites for hydroxylation is 2. The molecule has 0 spiro atoms. The Labute approximate surface area is 172 Å². The minimum atomic E-state index is -0.752. The normalized spacial score (nSPS) is 10.9. The van der Waals surface area contributed by atoms with E-state index in [1.807, 2.05) is 30.3 Å². The maximum absolute atomic E-state index is 14.2. The van der Waals surface area contributed by atoms with Gasteiger partial charge in [0, 0.05) is 18.3 Å². The van der Waals surface area contributed by atoms with Crippen LogP contribution in [0.5, 0.6) is 0 Å². The van der Waals surface area contributed by atoms with Gasteiger partial charge in [-0.15, -0.1) is 4.91 Å². The maximum Gasteiger partial charge on any atom is 0.263 e. The number of benzene rings is 2. The van der Waals surface area contributed by atoms with Crippen molar-refractivity contribution in [2.24, 2.45) is 5.18 Å². The second-order valence-electron chi connectivity index (χ2n) is 6.90. The molecule has 0 amide bonds. The lowest BCUT2D eigenvalue weighted by molar-refractivity contribution is 0.628. The van der Waals surface area contributed by atoms with Crippen LogP contribution >= 0.6 is 0 Å². The molecule has 0 aliphatic carbocycles. The first-order chi connectivity index (χ1) is 14.6. The van der Waals surface area contributed by atoms with E-state index in [4.69, 9.17) is 0 Å². The molecule has 7 heteroatoms. The monoisotopic (exact) mass is 402 g/mol. The molecule has 4 aromatic rings. The summed E-state index contributed by atoms with van der Waals surface area (Å²) < 4.78 is 15.7. The first kappa shape index (κ1) is 19.4. The highest BCUT2D eigenvalue weighted by Crippen LogP contribution is 2.32. The van der Waals surface area contributed by atoms with Crippen molar-refractivity contribution >= 4 is 5.69 Å². The van der Waals surface area contributed by atoms with Crippen molar-refractivity contribution in [3.05, 3.63) is 99.2 Å². The number of aromatic amines is 1. The quantitative estimate of drug-likeness (QED) is 0.461. The smallest absolute Gasteiger partial charge is 0.263 e. The second kappa shape index (κ2) is 8.24. The molecule has 0 saturated heterocycles. The molecule has 2 aromatic carbocycles. The van der Waals surface area contributed by atoms with Crippen molar-refractivity contribution in [2.45, 2.75) is 19.9 Å². The highest BCUT2D eigenvalue weighted by atomic mass is 19.1. The lowest BCUT2D eigenvalue weighted by Gasteiger charge is -2.16. The largest absolute Gasteiger partial charge is 0.361 e. The van der Waals surface area contributed by atoms with Crippen LogP contribution in [0.3, 0.4) is 0 Å². The highest BCUT2D eigenvalue weighted by molar-refractivity contribution is 5.73. The fraction of sp³-hybridized carbons (Fsp3) is 0.130. The molecule has 0 aliphatic heterocycles. The van der Waals surface area contributed by atoms with Gasteiger partial charge in [-0.1, -0.05) is 36.4 Å². The molecule has 1 N–H and O–H groups in total. The van der Waals surface area contributed by atoms with Gasteiger partial charge in [0.2, 0.25) is 0 Å². The fourth-order valence-corrected chi connectivity index (χ4v) is 3.54. The van der Waals surface area contributed by atoms with Gasteiger partial charge in [-0.05, 0) is 48.4 Å². The average molecular weight is 402 g/mol. The zero-order chi connectivity index (χ0) is 21.1. The van der Waals surface area contributed by atoms with Gasteiger partial charge in [-0.25, -0.2) is 9.37 Å². The third kappa shape index (κ3) is 3.57. The molecule has 150 valence electrons. The first-order valence-electron chi connectivity index (χ1n) is 9.51. The molecule has 0 unspecified atom stereocenters. The predicted octanol–water partition coefficient (Wildman–Crippen LogP) is 4.99. The Balaban J connectivity index is 1.92. The van der Waals surface area contributed by atoms with Crippen molar-refractivity contribution in [2.75, 3.05) is 0 Å². The highest BCUT2D eigenvalue weighted by Gasteiger charge is 2.21. The average Bonchev–Trinajstić information content (AvgIpc) is 3.27. The van der Waals surface area contributed by atoms with Gasteiger partial charge in [-0.3, -0.25) is 9.36 Å². The summed E-state index contributed by atoms with van der Waals surface area (Å²) in [6, 6.07) is 17.5. The minimum Gasteiger partial charge on any atom is -0.361 e. The van der Waals surface area contributed by atoms with Gasteiger partial charge >= 0.3 is 0 Å². The maximum atomic E-state index is 14.2. The molecule has 6 nitrogen and oxygen atoms in total. The van der Waals surface area contributed by atoms with Crippen LogP contribution in [0.1, 0.15) is 11.3 Å². The van der Waals surface area contributed by atoms with E-state index in [1.54, 1.807) is 31.3 Å². The van der Waals surface area contributed by atoms with E-state index < -0.39 is 5.82 Å². The van der Waals surface area contributed by atoms with Crippen LogP contribution < -0.4 is 5.56 Å². The summed E-state index contributed by atoms with van der Waals surface area (Å²) in [5, 5.41) is 2.85. The molecule has 4 rings (SSSR count). The molecule has 2 heterocycles. The topological polar surface area (TPSA) is 80.1 Å². The summed E-state index contributed by atoms with van der Waals surface area (Å²) in [5.74, 6) is -0.532. The van der Waals surface area contributed by atoms with Crippen LogP contribution in [0.25, 0.3) is 22.6 Å². The minimum absolute atomic E-state index is 0.191. The zero-order valence-electron chi connectivity index (χ0n) is 16.3.